The van der Waals surface area contributed by atoms with Gasteiger partial charge in [0.2, 0.25) is 5.91 Å². The van der Waals surface area contributed by atoms with Crippen molar-refractivity contribution in [2.45, 2.75) is 44.2 Å². The van der Waals surface area contributed by atoms with Gasteiger partial charge in [-0.25, -0.2) is 9.07 Å². The number of likely N-dealkylation sites (tertiary alicyclic amines) is 1. The maximum absolute atomic E-state index is 14.0. The summed E-state index contributed by atoms with van der Waals surface area (Å²) >= 11 is 0. The zero-order chi connectivity index (χ0) is 19.7. The summed E-state index contributed by atoms with van der Waals surface area (Å²) in [5.41, 5.74) is -0.464. The van der Waals surface area contributed by atoms with E-state index < -0.39 is 17.0 Å². The number of amides is 1. The Hall–Kier alpha value is -2.54. The smallest absolute Gasteiger partial charge is 0.267 e. The highest BCUT2D eigenvalue weighted by molar-refractivity contribution is 5.76. The molecule has 7 heteroatoms. The number of hydrogen-bond acceptors (Lipinski definition) is 4. The molecule has 2 heterocycles. The summed E-state index contributed by atoms with van der Waals surface area (Å²) in [5.74, 6) is -0.541. The Kier molecular flexibility index (Phi) is 5.02. The van der Waals surface area contributed by atoms with Gasteiger partial charge in [0, 0.05) is 30.6 Å². The summed E-state index contributed by atoms with van der Waals surface area (Å²) < 4.78 is 15.1. The summed E-state index contributed by atoms with van der Waals surface area (Å²) in [5, 5.41) is 15.0. The van der Waals surface area contributed by atoms with Gasteiger partial charge in [-0.2, -0.15) is 5.10 Å². The number of benzene rings is 1. The molecule has 1 aromatic carbocycles. The summed E-state index contributed by atoms with van der Waals surface area (Å²) in [7, 11) is 0. The molecule has 2 aromatic rings. The van der Waals surface area contributed by atoms with Crippen LogP contribution in [0.3, 0.4) is 0 Å². The second kappa shape index (κ2) is 7.47. The molecule has 0 radical (unpaired) electrons. The molecular weight excluding hydrogens is 361 g/mol. The summed E-state index contributed by atoms with van der Waals surface area (Å²) in [6.45, 7) is 0.803. The fourth-order valence-corrected chi connectivity index (χ4v) is 4.40. The van der Waals surface area contributed by atoms with Gasteiger partial charge in [0.25, 0.3) is 5.56 Å². The second-order valence-electron chi connectivity index (χ2n) is 7.83. The van der Waals surface area contributed by atoms with Crippen molar-refractivity contribution in [2.75, 3.05) is 13.1 Å². The first-order chi connectivity index (χ1) is 13.5. The third kappa shape index (κ3) is 3.58. The molecule has 1 aliphatic heterocycles. The molecule has 2 atom stereocenters. The van der Waals surface area contributed by atoms with E-state index in [1.165, 1.54) is 18.2 Å². The van der Waals surface area contributed by atoms with E-state index in [0.29, 0.717) is 25.2 Å². The second-order valence-corrected chi connectivity index (χ2v) is 7.83. The van der Waals surface area contributed by atoms with Crippen LogP contribution in [0, 0.1) is 11.7 Å². The van der Waals surface area contributed by atoms with Gasteiger partial charge >= 0.3 is 0 Å². The summed E-state index contributed by atoms with van der Waals surface area (Å²) in [6, 6.07) is 8.96. The van der Waals surface area contributed by atoms with Crippen molar-refractivity contribution in [2.24, 2.45) is 5.92 Å². The average molecular weight is 385 g/mol. The molecule has 2 fully saturated rings. The summed E-state index contributed by atoms with van der Waals surface area (Å²) in [4.78, 5) is 26.7. The van der Waals surface area contributed by atoms with E-state index in [4.69, 9.17) is 0 Å². The fraction of sp³-hybridized carbons (Fsp3) is 0.476. The normalized spacial score (nSPS) is 24.6. The Morgan fingerprint density at radius 2 is 2.04 bits per heavy atom. The molecule has 0 spiro atoms. The quantitative estimate of drug-likeness (QED) is 0.879. The minimum atomic E-state index is -0.658. The molecule has 6 nitrogen and oxygen atoms in total. The van der Waals surface area contributed by atoms with Crippen molar-refractivity contribution in [3.63, 3.8) is 0 Å². The van der Waals surface area contributed by atoms with Crippen molar-refractivity contribution in [3.8, 4) is 11.3 Å². The van der Waals surface area contributed by atoms with Crippen molar-refractivity contribution < 1.29 is 14.3 Å². The number of piperidine rings is 1. The van der Waals surface area contributed by atoms with Crippen LogP contribution in [0.15, 0.2) is 41.2 Å². The molecular formula is C21H24FN3O3. The van der Waals surface area contributed by atoms with E-state index in [9.17, 15) is 19.1 Å². The average Bonchev–Trinajstić information content (AvgIpc) is 2.69. The van der Waals surface area contributed by atoms with Crippen molar-refractivity contribution in [1.29, 1.82) is 0 Å². The Balaban J connectivity index is 1.51. The van der Waals surface area contributed by atoms with E-state index in [1.54, 1.807) is 23.1 Å². The van der Waals surface area contributed by atoms with E-state index in [1.807, 2.05) is 0 Å². The molecule has 148 valence electrons. The zero-order valence-corrected chi connectivity index (χ0v) is 15.7. The minimum Gasteiger partial charge on any atom is -0.389 e. The van der Waals surface area contributed by atoms with Crippen molar-refractivity contribution in [3.05, 3.63) is 52.6 Å². The van der Waals surface area contributed by atoms with Gasteiger partial charge < -0.3 is 10.0 Å². The number of hydrogen-bond donors (Lipinski definition) is 1. The maximum Gasteiger partial charge on any atom is 0.267 e. The molecule has 0 unspecified atom stereocenters. The van der Waals surface area contributed by atoms with Gasteiger partial charge in [0.05, 0.1) is 11.3 Å². The van der Waals surface area contributed by atoms with Crippen LogP contribution in [0.4, 0.5) is 4.39 Å². The lowest BCUT2D eigenvalue weighted by molar-refractivity contribution is -0.144. The molecule has 1 saturated heterocycles. The number of nitrogens with zero attached hydrogens (tertiary/aromatic N) is 3. The van der Waals surface area contributed by atoms with Gasteiger partial charge in [0.15, 0.2) is 0 Å². The highest BCUT2D eigenvalue weighted by atomic mass is 19.1. The van der Waals surface area contributed by atoms with Crippen LogP contribution in [0.1, 0.15) is 32.1 Å². The highest BCUT2D eigenvalue weighted by Crippen LogP contribution is 2.39. The summed E-state index contributed by atoms with van der Waals surface area (Å²) in [6.07, 6.45) is 4.39. The van der Waals surface area contributed by atoms with Crippen LogP contribution in [0.25, 0.3) is 11.3 Å². The Morgan fingerprint density at radius 1 is 1.21 bits per heavy atom. The molecule has 0 bridgehead atoms. The first-order valence-electron chi connectivity index (χ1n) is 9.79. The van der Waals surface area contributed by atoms with E-state index >= 15 is 0 Å². The minimum absolute atomic E-state index is 0.0911. The highest BCUT2D eigenvalue weighted by Gasteiger charge is 2.43. The Bertz CT molecular complexity index is 944. The first-order valence-corrected chi connectivity index (χ1v) is 9.79. The van der Waals surface area contributed by atoms with E-state index in [0.717, 1.165) is 30.4 Å². The van der Waals surface area contributed by atoms with E-state index in [-0.39, 0.29) is 23.9 Å². The van der Waals surface area contributed by atoms with Crippen LogP contribution < -0.4 is 5.56 Å². The molecule has 28 heavy (non-hydrogen) atoms. The Morgan fingerprint density at radius 3 is 2.86 bits per heavy atom. The lowest BCUT2D eigenvalue weighted by atomic mass is 9.71. The molecule has 1 saturated carbocycles. The predicted octanol–water partition coefficient (Wildman–Crippen LogP) is 2.20. The van der Waals surface area contributed by atoms with Crippen LogP contribution in [-0.4, -0.2) is 44.4 Å². The predicted molar refractivity (Wildman–Crippen MR) is 102 cm³/mol. The fourth-order valence-electron chi connectivity index (χ4n) is 4.40. The standard InChI is InChI=1S/C21H24FN3O3/c22-17-7-2-1-6-16(17)18-8-9-19(26)25(23-18)14-20(27)24-12-11-21(28)10-4-3-5-15(21)13-24/h1-2,6-9,15,28H,3-5,10-14H2/t15-,21-/m0/s1. The number of aromatic nitrogens is 2. The first kappa shape index (κ1) is 18.8. The monoisotopic (exact) mass is 385 g/mol. The molecule has 1 N–H and O–H groups in total. The number of rotatable bonds is 3. The number of aliphatic hydroxyl groups is 1. The third-order valence-corrected chi connectivity index (χ3v) is 6.08. The number of halogens is 1. The SMILES string of the molecule is O=C(Cn1nc(-c2ccccc2F)ccc1=O)N1CC[C@@]2(O)CCCC[C@H]2C1. The number of fused-ring (bicyclic) bond motifs is 1. The van der Waals surface area contributed by atoms with Gasteiger partial charge in [-0.3, -0.25) is 9.59 Å². The van der Waals surface area contributed by atoms with Crippen LogP contribution in [0.5, 0.6) is 0 Å². The van der Waals surface area contributed by atoms with Gasteiger partial charge in [-0.1, -0.05) is 25.0 Å². The van der Waals surface area contributed by atoms with Gasteiger partial charge in [0.1, 0.15) is 12.4 Å². The molecule has 1 aliphatic carbocycles. The third-order valence-electron chi connectivity index (χ3n) is 6.08. The molecule has 1 amide bonds. The lowest BCUT2D eigenvalue weighted by Gasteiger charge is -2.47. The van der Waals surface area contributed by atoms with E-state index in [2.05, 4.69) is 5.10 Å². The van der Waals surface area contributed by atoms with Crippen LogP contribution in [-0.2, 0) is 11.3 Å². The molecule has 4 rings (SSSR count). The zero-order valence-electron chi connectivity index (χ0n) is 15.7. The van der Waals surface area contributed by atoms with Crippen molar-refractivity contribution >= 4 is 5.91 Å². The van der Waals surface area contributed by atoms with Gasteiger partial charge in [-0.05, 0) is 37.5 Å². The lowest BCUT2D eigenvalue weighted by Crippen LogP contribution is -2.55. The van der Waals surface area contributed by atoms with Crippen molar-refractivity contribution in [1.82, 2.24) is 14.7 Å². The topological polar surface area (TPSA) is 75.4 Å². The Labute approximate surface area is 162 Å². The maximum atomic E-state index is 14.0. The van der Waals surface area contributed by atoms with Gasteiger partial charge in [-0.15, -0.1) is 0 Å². The van der Waals surface area contributed by atoms with Crippen LogP contribution in [0.2, 0.25) is 0 Å². The van der Waals surface area contributed by atoms with Crippen LogP contribution >= 0.6 is 0 Å². The molecule has 2 aliphatic rings. The largest absolute Gasteiger partial charge is 0.389 e. The number of carbonyl (C=O) groups excluding carboxylic acids is 1. The molecule has 1 aromatic heterocycles. The number of carbonyl (C=O) groups is 1.